The number of benzene rings is 2. The molecule has 0 saturated heterocycles. The number of fused-ring (bicyclic) bond motifs is 1. The molecule has 0 unspecified atom stereocenters. The molecule has 3 aromatic rings. The number of aliphatic hydroxyl groups is 1. The van der Waals surface area contributed by atoms with Gasteiger partial charge < -0.3 is 9.67 Å². The molecule has 0 fully saturated rings. The van der Waals surface area contributed by atoms with E-state index >= 15 is 0 Å². The van der Waals surface area contributed by atoms with Gasteiger partial charge in [-0.05, 0) is 30.5 Å². The quantitative estimate of drug-likeness (QED) is 0.767. The van der Waals surface area contributed by atoms with E-state index in [2.05, 4.69) is 73.3 Å². The molecule has 0 amide bonds. The number of aryl methyl sites for hydroxylation is 2. The van der Waals surface area contributed by atoms with Crippen molar-refractivity contribution in [1.82, 2.24) is 4.57 Å². The van der Waals surface area contributed by atoms with Crippen LogP contribution in [0, 0.1) is 6.92 Å². The van der Waals surface area contributed by atoms with Crippen molar-refractivity contribution in [3.8, 4) is 0 Å². The van der Waals surface area contributed by atoms with E-state index in [-0.39, 0.29) is 12.5 Å². The number of aromatic nitrogens is 1. The van der Waals surface area contributed by atoms with Crippen LogP contribution in [0.25, 0.3) is 10.9 Å². The molecule has 2 nitrogen and oxygen atoms in total. The molecule has 2 aromatic carbocycles. The van der Waals surface area contributed by atoms with Gasteiger partial charge >= 0.3 is 0 Å². The van der Waals surface area contributed by atoms with Gasteiger partial charge in [0, 0.05) is 36.7 Å². The van der Waals surface area contributed by atoms with E-state index in [1.165, 1.54) is 27.6 Å². The first kappa shape index (κ1) is 13.9. The molecule has 1 atom stereocenters. The maximum absolute atomic E-state index is 9.50. The summed E-state index contributed by atoms with van der Waals surface area (Å²) in [6, 6.07) is 17.1. The highest BCUT2D eigenvalue weighted by Crippen LogP contribution is 2.34. The monoisotopic (exact) mass is 279 g/mol. The van der Waals surface area contributed by atoms with Crippen LogP contribution >= 0.6 is 0 Å². The molecule has 1 heterocycles. The van der Waals surface area contributed by atoms with Crippen molar-refractivity contribution in [3.05, 3.63) is 71.4 Å². The molecule has 0 aliphatic carbocycles. The standard InChI is InChI=1S/C19H21NO/c1-14-6-5-7-15(12-14)16(10-11-21)18-13-20(2)19-9-4-3-8-17(18)19/h3-9,12-13,16,21H,10-11H2,1-2H3/t16-/m0/s1. The molecular weight excluding hydrogens is 258 g/mol. The molecule has 21 heavy (non-hydrogen) atoms. The number of nitrogens with zero attached hydrogens (tertiary/aromatic N) is 1. The summed E-state index contributed by atoms with van der Waals surface area (Å²) in [4.78, 5) is 0. The smallest absolute Gasteiger partial charge is 0.0480 e. The van der Waals surface area contributed by atoms with Gasteiger partial charge in [0.1, 0.15) is 0 Å². The zero-order valence-corrected chi connectivity index (χ0v) is 12.6. The molecule has 2 heteroatoms. The van der Waals surface area contributed by atoms with E-state index in [4.69, 9.17) is 0 Å². The van der Waals surface area contributed by atoms with E-state index in [0.717, 1.165) is 6.42 Å². The normalized spacial score (nSPS) is 12.7. The Kier molecular flexibility index (Phi) is 3.80. The van der Waals surface area contributed by atoms with Crippen molar-refractivity contribution in [2.45, 2.75) is 19.3 Å². The van der Waals surface area contributed by atoms with Crippen LogP contribution in [0.15, 0.2) is 54.7 Å². The summed E-state index contributed by atoms with van der Waals surface area (Å²) >= 11 is 0. The number of rotatable bonds is 4. The summed E-state index contributed by atoms with van der Waals surface area (Å²) in [5.74, 6) is 0.237. The van der Waals surface area contributed by atoms with Gasteiger partial charge in [0.05, 0.1) is 0 Å². The lowest BCUT2D eigenvalue weighted by Gasteiger charge is -2.16. The second-order valence-electron chi connectivity index (χ2n) is 5.69. The van der Waals surface area contributed by atoms with Gasteiger partial charge in [0.15, 0.2) is 0 Å². The Labute approximate surface area is 125 Å². The minimum Gasteiger partial charge on any atom is -0.396 e. The first-order valence-corrected chi connectivity index (χ1v) is 7.42. The Morgan fingerprint density at radius 3 is 2.67 bits per heavy atom. The Balaban J connectivity index is 2.16. The van der Waals surface area contributed by atoms with Crippen molar-refractivity contribution >= 4 is 10.9 Å². The van der Waals surface area contributed by atoms with Crippen molar-refractivity contribution in [2.75, 3.05) is 6.61 Å². The minimum atomic E-state index is 0.196. The molecule has 0 spiro atoms. The summed E-state index contributed by atoms with van der Waals surface area (Å²) in [5, 5.41) is 10.8. The summed E-state index contributed by atoms with van der Waals surface area (Å²) in [6.07, 6.45) is 2.95. The summed E-state index contributed by atoms with van der Waals surface area (Å²) in [7, 11) is 2.08. The SMILES string of the molecule is Cc1cccc([C@H](CCO)c2cn(C)c3ccccc23)c1. The van der Waals surface area contributed by atoms with Gasteiger partial charge in [-0.25, -0.2) is 0 Å². The second-order valence-corrected chi connectivity index (χ2v) is 5.69. The average molecular weight is 279 g/mol. The van der Waals surface area contributed by atoms with Crippen LogP contribution in [-0.4, -0.2) is 16.3 Å². The third-order valence-corrected chi connectivity index (χ3v) is 4.17. The molecule has 0 bridgehead atoms. The van der Waals surface area contributed by atoms with Gasteiger partial charge in [0.2, 0.25) is 0 Å². The average Bonchev–Trinajstić information content (AvgIpc) is 2.82. The predicted octanol–water partition coefficient (Wildman–Crippen LogP) is 4.00. The van der Waals surface area contributed by atoms with Crippen LogP contribution in [0.4, 0.5) is 0 Å². The highest BCUT2D eigenvalue weighted by Gasteiger charge is 2.18. The van der Waals surface area contributed by atoms with Crippen molar-refractivity contribution in [3.63, 3.8) is 0 Å². The Morgan fingerprint density at radius 1 is 1.10 bits per heavy atom. The van der Waals surface area contributed by atoms with Gasteiger partial charge in [-0.15, -0.1) is 0 Å². The fourth-order valence-corrected chi connectivity index (χ4v) is 3.17. The number of hydrogen-bond acceptors (Lipinski definition) is 1. The van der Waals surface area contributed by atoms with Crippen molar-refractivity contribution in [1.29, 1.82) is 0 Å². The van der Waals surface area contributed by atoms with Gasteiger partial charge in [0.25, 0.3) is 0 Å². The zero-order valence-electron chi connectivity index (χ0n) is 12.6. The fraction of sp³-hybridized carbons (Fsp3) is 0.263. The molecule has 3 rings (SSSR count). The number of para-hydroxylation sites is 1. The van der Waals surface area contributed by atoms with E-state index in [1.807, 2.05) is 0 Å². The third-order valence-electron chi connectivity index (χ3n) is 4.17. The van der Waals surface area contributed by atoms with E-state index in [0.29, 0.717) is 0 Å². The summed E-state index contributed by atoms with van der Waals surface area (Å²) in [5.41, 5.74) is 5.08. The molecule has 1 N–H and O–H groups in total. The topological polar surface area (TPSA) is 25.2 Å². The predicted molar refractivity (Wildman–Crippen MR) is 87.6 cm³/mol. The molecule has 0 aliphatic rings. The van der Waals surface area contributed by atoms with Crippen LogP contribution in [-0.2, 0) is 7.05 Å². The van der Waals surface area contributed by atoms with Crippen LogP contribution < -0.4 is 0 Å². The lowest BCUT2D eigenvalue weighted by molar-refractivity contribution is 0.282. The van der Waals surface area contributed by atoms with Crippen LogP contribution in [0.1, 0.15) is 29.0 Å². The number of aliphatic hydroxyl groups excluding tert-OH is 1. The fourth-order valence-electron chi connectivity index (χ4n) is 3.17. The van der Waals surface area contributed by atoms with Gasteiger partial charge in [-0.3, -0.25) is 0 Å². The lowest BCUT2D eigenvalue weighted by Crippen LogP contribution is -2.03. The summed E-state index contributed by atoms with van der Waals surface area (Å²) in [6.45, 7) is 2.31. The minimum absolute atomic E-state index is 0.196. The molecule has 1 aromatic heterocycles. The summed E-state index contributed by atoms with van der Waals surface area (Å²) < 4.78 is 2.17. The largest absolute Gasteiger partial charge is 0.396 e. The Morgan fingerprint density at radius 2 is 1.90 bits per heavy atom. The number of hydrogen-bond donors (Lipinski definition) is 1. The van der Waals surface area contributed by atoms with Crippen LogP contribution in [0.2, 0.25) is 0 Å². The van der Waals surface area contributed by atoms with E-state index in [9.17, 15) is 5.11 Å². The maximum Gasteiger partial charge on any atom is 0.0480 e. The lowest BCUT2D eigenvalue weighted by atomic mass is 9.88. The van der Waals surface area contributed by atoms with Crippen molar-refractivity contribution in [2.24, 2.45) is 7.05 Å². The zero-order chi connectivity index (χ0) is 14.8. The first-order valence-electron chi connectivity index (χ1n) is 7.42. The molecule has 0 aliphatic heterocycles. The van der Waals surface area contributed by atoms with Gasteiger partial charge in [-0.1, -0.05) is 48.0 Å². The van der Waals surface area contributed by atoms with E-state index < -0.39 is 0 Å². The Hall–Kier alpha value is -2.06. The highest BCUT2D eigenvalue weighted by atomic mass is 16.3. The molecular formula is C19H21NO. The molecule has 108 valence electrons. The molecule has 0 saturated carbocycles. The van der Waals surface area contributed by atoms with Crippen LogP contribution in [0.3, 0.4) is 0 Å². The van der Waals surface area contributed by atoms with Crippen molar-refractivity contribution < 1.29 is 5.11 Å². The molecule has 0 radical (unpaired) electrons. The third kappa shape index (κ3) is 2.59. The Bertz CT molecular complexity index is 757. The van der Waals surface area contributed by atoms with E-state index in [1.54, 1.807) is 0 Å². The second kappa shape index (κ2) is 5.74. The maximum atomic E-state index is 9.50. The van der Waals surface area contributed by atoms with Crippen LogP contribution in [0.5, 0.6) is 0 Å². The highest BCUT2D eigenvalue weighted by molar-refractivity contribution is 5.85. The first-order chi connectivity index (χ1) is 10.2. The van der Waals surface area contributed by atoms with Gasteiger partial charge in [-0.2, -0.15) is 0 Å².